The van der Waals surface area contributed by atoms with Gasteiger partial charge in [0.1, 0.15) is 5.75 Å². The zero-order valence-corrected chi connectivity index (χ0v) is 12.9. The van der Waals surface area contributed by atoms with Gasteiger partial charge in [-0.05, 0) is 25.0 Å². The quantitative estimate of drug-likeness (QED) is 0.862. The van der Waals surface area contributed by atoms with Gasteiger partial charge in [0.25, 0.3) is 0 Å². The average Bonchev–Trinajstić information content (AvgIpc) is 2.59. The maximum absolute atomic E-state index is 13.0. The number of rotatable bonds is 4. The standard InChI is InChI=1S/C19H21NO2/c1-2-20(14-15-8-4-3-5-9-15)19(21)17-12-13-22-18-11-7-6-10-16(17)18/h3-11,17H,2,12-14H2,1H3. The van der Waals surface area contributed by atoms with Crippen LogP contribution >= 0.6 is 0 Å². The number of para-hydroxylation sites is 1. The molecule has 0 fully saturated rings. The molecular formula is C19H21NO2. The van der Waals surface area contributed by atoms with Crippen molar-refractivity contribution in [3.8, 4) is 5.75 Å². The molecule has 0 spiro atoms. The van der Waals surface area contributed by atoms with Crippen LogP contribution in [-0.2, 0) is 11.3 Å². The van der Waals surface area contributed by atoms with E-state index in [0.717, 1.165) is 23.3 Å². The van der Waals surface area contributed by atoms with Gasteiger partial charge in [-0.2, -0.15) is 0 Å². The first-order valence-corrected chi connectivity index (χ1v) is 7.84. The summed E-state index contributed by atoms with van der Waals surface area (Å²) in [7, 11) is 0. The Hall–Kier alpha value is -2.29. The van der Waals surface area contributed by atoms with Crippen LogP contribution in [0.25, 0.3) is 0 Å². The lowest BCUT2D eigenvalue weighted by Gasteiger charge is -2.30. The van der Waals surface area contributed by atoms with Crippen LogP contribution in [-0.4, -0.2) is 24.0 Å². The Morgan fingerprint density at radius 2 is 1.86 bits per heavy atom. The van der Waals surface area contributed by atoms with Crippen molar-refractivity contribution < 1.29 is 9.53 Å². The monoisotopic (exact) mass is 295 g/mol. The third-order valence-electron chi connectivity index (χ3n) is 4.17. The van der Waals surface area contributed by atoms with Crippen molar-refractivity contribution in [2.45, 2.75) is 25.8 Å². The fraction of sp³-hybridized carbons (Fsp3) is 0.316. The largest absolute Gasteiger partial charge is 0.493 e. The van der Waals surface area contributed by atoms with Crippen molar-refractivity contribution in [3.63, 3.8) is 0 Å². The number of carbonyl (C=O) groups is 1. The summed E-state index contributed by atoms with van der Waals surface area (Å²) in [6, 6.07) is 18.0. The molecule has 22 heavy (non-hydrogen) atoms. The molecule has 0 radical (unpaired) electrons. The number of carbonyl (C=O) groups excluding carboxylic acids is 1. The third kappa shape index (κ3) is 2.98. The highest BCUT2D eigenvalue weighted by Crippen LogP contribution is 2.34. The zero-order chi connectivity index (χ0) is 15.4. The van der Waals surface area contributed by atoms with E-state index < -0.39 is 0 Å². The smallest absolute Gasteiger partial charge is 0.230 e. The number of hydrogen-bond donors (Lipinski definition) is 0. The Bertz CT molecular complexity index is 639. The van der Waals surface area contributed by atoms with E-state index in [2.05, 4.69) is 12.1 Å². The van der Waals surface area contributed by atoms with Gasteiger partial charge in [-0.3, -0.25) is 4.79 Å². The topological polar surface area (TPSA) is 29.5 Å². The highest BCUT2D eigenvalue weighted by molar-refractivity contribution is 5.84. The summed E-state index contributed by atoms with van der Waals surface area (Å²) >= 11 is 0. The molecule has 0 aromatic heterocycles. The second-order valence-electron chi connectivity index (χ2n) is 5.57. The molecule has 0 saturated heterocycles. The molecule has 0 saturated carbocycles. The van der Waals surface area contributed by atoms with Crippen LogP contribution < -0.4 is 4.74 Å². The average molecular weight is 295 g/mol. The molecule has 3 heteroatoms. The number of nitrogens with zero attached hydrogens (tertiary/aromatic N) is 1. The predicted molar refractivity (Wildman–Crippen MR) is 86.8 cm³/mol. The molecule has 114 valence electrons. The Balaban J connectivity index is 1.80. The Morgan fingerprint density at radius 1 is 1.14 bits per heavy atom. The van der Waals surface area contributed by atoms with Crippen molar-refractivity contribution in [1.82, 2.24) is 4.90 Å². The minimum absolute atomic E-state index is 0.0892. The number of ether oxygens (including phenoxy) is 1. The van der Waals surface area contributed by atoms with Gasteiger partial charge in [0.15, 0.2) is 0 Å². The van der Waals surface area contributed by atoms with Crippen molar-refractivity contribution in [3.05, 3.63) is 65.7 Å². The van der Waals surface area contributed by atoms with E-state index in [9.17, 15) is 4.79 Å². The van der Waals surface area contributed by atoms with Crippen LogP contribution in [0.15, 0.2) is 54.6 Å². The molecule has 2 aromatic carbocycles. The maximum atomic E-state index is 13.0. The fourth-order valence-electron chi connectivity index (χ4n) is 2.97. The lowest BCUT2D eigenvalue weighted by molar-refractivity contribution is -0.133. The predicted octanol–water partition coefficient (Wildman–Crippen LogP) is 3.60. The van der Waals surface area contributed by atoms with Crippen molar-refractivity contribution >= 4 is 5.91 Å². The lowest BCUT2D eigenvalue weighted by atomic mass is 9.91. The Labute approximate surface area is 131 Å². The number of likely N-dealkylation sites (N-methyl/N-ethyl adjacent to an activating group) is 1. The molecule has 1 heterocycles. The van der Waals surface area contributed by atoms with Crippen LogP contribution in [0.4, 0.5) is 0 Å². The second kappa shape index (κ2) is 6.65. The molecular weight excluding hydrogens is 274 g/mol. The van der Waals surface area contributed by atoms with E-state index >= 15 is 0 Å². The van der Waals surface area contributed by atoms with E-state index in [1.165, 1.54) is 0 Å². The molecule has 0 aliphatic carbocycles. The first kappa shape index (κ1) is 14.6. The van der Waals surface area contributed by atoms with Gasteiger partial charge in [0, 0.05) is 18.7 Å². The lowest BCUT2D eigenvalue weighted by Crippen LogP contribution is -2.36. The molecule has 1 aliphatic rings. The summed E-state index contributed by atoms with van der Waals surface area (Å²) in [5, 5.41) is 0. The zero-order valence-electron chi connectivity index (χ0n) is 12.9. The van der Waals surface area contributed by atoms with Crippen LogP contribution in [0.5, 0.6) is 5.75 Å². The normalized spacial score (nSPS) is 16.5. The summed E-state index contributed by atoms with van der Waals surface area (Å²) in [6.07, 6.45) is 0.751. The number of fused-ring (bicyclic) bond motifs is 1. The number of amides is 1. The van der Waals surface area contributed by atoms with Gasteiger partial charge in [0.2, 0.25) is 5.91 Å². The minimum Gasteiger partial charge on any atom is -0.493 e. The van der Waals surface area contributed by atoms with Crippen LogP contribution in [0.1, 0.15) is 30.4 Å². The first-order valence-electron chi connectivity index (χ1n) is 7.84. The van der Waals surface area contributed by atoms with E-state index in [1.54, 1.807) is 0 Å². The minimum atomic E-state index is -0.0892. The highest BCUT2D eigenvalue weighted by atomic mass is 16.5. The summed E-state index contributed by atoms with van der Waals surface area (Å²) in [6.45, 7) is 4.02. The van der Waals surface area contributed by atoms with Crippen molar-refractivity contribution in [1.29, 1.82) is 0 Å². The van der Waals surface area contributed by atoms with Crippen LogP contribution in [0, 0.1) is 0 Å². The molecule has 1 amide bonds. The van der Waals surface area contributed by atoms with E-state index in [-0.39, 0.29) is 11.8 Å². The second-order valence-corrected chi connectivity index (χ2v) is 5.57. The van der Waals surface area contributed by atoms with E-state index in [0.29, 0.717) is 19.7 Å². The molecule has 1 unspecified atom stereocenters. The molecule has 0 N–H and O–H groups in total. The van der Waals surface area contributed by atoms with Gasteiger partial charge in [-0.25, -0.2) is 0 Å². The molecule has 3 nitrogen and oxygen atoms in total. The van der Waals surface area contributed by atoms with Gasteiger partial charge in [0.05, 0.1) is 12.5 Å². The van der Waals surface area contributed by atoms with Gasteiger partial charge < -0.3 is 9.64 Å². The van der Waals surface area contributed by atoms with Crippen LogP contribution in [0.3, 0.4) is 0 Å². The SMILES string of the molecule is CCN(Cc1ccccc1)C(=O)C1CCOc2ccccc21. The molecule has 1 aliphatic heterocycles. The van der Waals surface area contributed by atoms with Gasteiger partial charge >= 0.3 is 0 Å². The Kier molecular flexibility index (Phi) is 4.42. The first-order chi connectivity index (χ1) is 10.8. The van der Waals surface area contributed by atoms with Gasteiger partial charge in [-0.1, -0.05) is 48.5 Å². The molecule has 0 bridgehead atoms. The third-order valence-corrected chi connectivity index (χ3v) is 4.17. The van der Waals surface area contributed by atoms with Gasteiger partial charge in [-0.15, -0.1) is 0 Å². The summed E-state index contributed by atoms with van der Waals surface area (Å²) in [5.41, 5.74) is 2.18. The van der Waals surface area contributed by atoms with Crippen molar-refractivity contribution in [2.24, 2.45) is 0 Å². The Morgan fingerprint density at radius 3 is 2.64 bits per heavy atom. The molecule has 3 rings (SSSR count). The fourth-order valence-corrected chi connectivity index (χ4v) is 2.97. The summed E-state index contributed by atoms with van der Waals surface area (Å²) in [4.78, 5) is 14.9. The highest BCUT2D eigenvalue weighted by Gasteiger charge is 2.30. The maximum Gasteiger partial charge on any atom is 0.230 e. The summed E-state index contributed by atoms with van der Waals surface area (Å²) in [5.74, 6) is 0.957. The number of hydrogen-bond acceptors (Lipinski definition) is 2. The number of benzene rings is 2. The van der Waals surface area contributed by atoms with Crippen molar-refractivity contribution in [2.75, 3.05) is 13.2 Å². The van der Waals surface area contributed by atoms with E-state index in [1.807, 2.05) is 54.3 Å². The molecule has 2 aromatic rings. The van der Waals surface area contributed by atoms with Crippen LogP contribution in [0.2, 0.25) is 0 Å². The molecule has 1 atom stereocenters. The van der Waals surface area contributed by atoms with E-state index in [4.69, 9.17) is 4.74 Å². The summed E-state index contributed by atoms with van der Waals surface area (Å²) < 4.78 is 5.66.